The molecule has 1 saturated heterocycles. The molecule has 0 unspecified atom stereocenters. The lowest BCUT2D eigenvalue weighted by molar-refractivity contribution is -0.160. The van der Waals surface area contributed by atoms with E-state index in [-0.39, 0.29) is 5.91 Å². The maximum Gasteiger partial charge on any atom is 0.398 e. The van der Waals surface area contributed by atoms with Crippen LogP contribution in [-0.2, 0) is 9.45 Å². The van der Waals surface area contributed by atoms with Crippen LogP contribution in [-0.4, -0.2) is 67.2 Å². The summed E-state index contributed by atoms with van der Waals surface area (Å²) in [7, 11) is 3.33. The number of carbonyl (C=O) groups is 1. The summed E-state index contributed by atoms with van der Waals surface area (Å²) in [4.78, 5) is 16.0. The molecule has 1 aliphatic carbocycles. The Morgan fingerprint density at radius 2 is 2.00 bits per heavy atom. The van der Waals surface area contributed by atoms with Crippen LogP contribution in [0, 0.1) is 0 Å². The molecule has 0 aromatic carbocycles. The van der Waals surface area contributed by atoms with Gasteiger partial charge in [0.25, 0.3) is 5.91 Å². The lowest BCUT2D eigenvalue weighted by Crippen LogP contribution is -2.54. The number of aliphatic hydroxyl groups is 1. The third-order valence-corrected chi connectivity index (χ3v) is 3.65. The van der Waals surface area contributed by atoms with Gasteiger partial charge in [-0.1, -0.05) is 0 Å². The number of nitrogens with zero attached hydrogens (tertiary/aromatic N) is 2. The van der Waals surface area contributed by atoms with Crippen LogP contribution < -0.4 is 0 Å². The number of rotatable bonds is 3. The van der Waals surface area contributed by atoms with Crippen molar-refractivity contribution < 1.29 is 14.6 Å². The summed E-state index contributed by atoms with van der Waals surface area (Å²) < 4.78 is 4.98. The Labute approximate surface area is 103 Å². The molecule has 0 atom stereocenters. The molecule has 6 heteroatoms. The van der Waals surface area contributed by atoms with E-state index in [1.165, 1.54) is 0 Å². The monoisotopic (exact) mass is 239 g/mol. The second-order valence-electron chi connectivity index (χ2n) is 4.91. The first-order chi connectivity index (χ1) is 8.15. The van der Waals surface area contributed by atoms with Crippen LogP contribution in [0.2, 0.25) is 0 Å². The Balaban J connectivity index is 1.87. The molecule has 1 amide bonds. The van der Waals surface area contributed by atoms with Crippen LogP contribution in [0.3, 0.4) is 0 Å². The van der Waals surface area contributed by atoms with Crippen LogP contribution in [0.1, 0.15) is 25.7 Å². The van der Waals surface area contributed by atoms with Crippen molar-refractivity contribution >= 4 is 13.5 Å². The largest absolute Gasteiger partial charge is 0.427 e. The summed E-state index contributed by atoms with van der Waals surface area (Å²) in [5.74, 6) is -0.0805. The van der Waals surface area contributed by atoms with E-state index in [1.807, 2.05) is 0 Å². The molecule has 17 heavy (non-hydrogen) atoms. The maximum atomic E-state index is 12.1. The first-order valence-corrected chi connectivity index (χ1v) is 6.28. The number of hydrogen-bond donors (Lipinski definition) is 1. The van der Waals surface area contributed by atoms with Crippen molar-refractivity contribution in [2.24, 2.45) is 0 Å². The van der Waals surface area contributed by atoms with Crippen LogP contribution in [0.5, 0.6) is 0 Å². The average Bonchev–Trinajstić information content (AvgIpc) is 2.51. The third-order valence-electron chi connectivity index (χ3n) is 3.65. The number of hydrogen-bond acceptors (Lipinski definition) is 4. The summed E-state index contributed by atoms with van der Waals surface area (Å²) in [5, 5.41) is 10.1. The molecule has 0 aromatic heterocycles. The van der Waals surface area contributed by atoms with E-state index in [9.17, 15) is 9.90 Å². The van der Waals surface area contributed by atoms with E-state index in [2.05, 4.69) is 4.81 Å². The zero-order chi connectivity index (χ0) is 12.3. The molecule has 1 aliphatic heterocycles. The van der Waals surface area contributed by atoms with E-state index in [0.717, 1.165) is 32.5 Å². The van der Waals surface area contributed by atoms with Gasteiger partial charge in [-0.15, -0.1) is 0 Å². The predicted octanol–water partition coefficient (Wildman–Crippen LogP) is -0.384. The van der Waals surface area contributed by atoms with Gasteiger partial charge in [0.15, 0.2) is 0 Å². The van der Waals surface area contributed by atoms with Crippen molar-refractivity contribution in [3.63, 3.8) is 0 Å². The van der Waals surface area contributed by atoms with Crippen LogP contribution in [0.15, 0.2) is 0 Å². The topological polar surface area (TPSA) is 53.0 Å². The fraction of sp³-hybridized carbons (Fsp3) is 0.909. The van der Waals surface area contributed by atoms with Gasteiger partial charge in [-0.2, -0.15) is 0 Å². The van der Waals surface area contributed by atoms with Crippen LogP contribution >= 0.6 is 0 Å². The molecule has 95 valence electrons. The molecule has 2 rings (SSSR count). The van der Waals surface area contributed by atoms with E-state index >= 15 is 0 Å². The van der Waals surface area contributed by atoms with Crippen molar-refractivity contribution in [2.45, 2.75) is 31.3 Å². The summed E-state index contributed by atoms with van der Waals surface area (Å²) in [6.07, 6.45) is 3.12. The Kier molecular flexibility index (Phi) is 4.07. The molecule has 1 heterocycles. The molecular formula is C11H20BN2O3. The van der Waals surface area contributed by atoms with Gasteiger partial charge in [-0.25, -0.2) is 0 Å². The smallest absolute Gasteiger partial charge is 0.398 e. The van der Waals surface area contributed by atoms with Gasteiger partial charge in [0.1, 0.15) is 5.60 Å². The highest BCUT2D eigenvalue weighted by molar-refractivity contribution is 6.23. The molecule has 0 bridgehead atoms. The zero-order valence-electron chi connectivity index (χ0n) is 10.4. The fourth-order valence-corrected chi connectivity index (χ4v) is 2.41. The van der Waals surface area contributed by atoms with Crippen molar-refractivity contribution in [2.75, 3.05) is 33.3 Å². The van der Waals surface area contributed by atoms with Crippen molar-refractivity contribution in [1.29, 1.82) is 0 Å². The summed E-state index contributed by atoms with van der Waals surface area (Å²) in [5.41, 5.74) is -1.06. The average molecular weight is 239 g/mol. The van der Waals surface area contributed by atoms with E-state index < -0.39 is 5.60 Å². The Hall–Kier alpha value is -0.585. The molecule has 1 N–H and O–H groups in total. The van der Waals surface area contributed by atoms with Gasteiger partial charge in [0.05, 0.1) is 0 Å². The normalized spacial score (nSPS) is 24.9. The Bertz CT molecular complexity index is 284. The van der Waals surface area contributed by atoms with Crippen molar-refractivity contribution in [1.82, 2.24) is 9.71 Å². The van der Waals surface area contributed by atoms with E-state index in [0.29, 0.717) is 19.4 Å². The lowest BCUT2D eigenvalue weighted by Gasteiger charge is -2.38. The highest BCUT2D eigenvalue weighted by atomic mass is 16.4. The third kappa shape index (κ3) is 2.81. The second-order valence-corrected chi connectivity index (χ2v) is 4.91. The number of carbonyl (C=O) groups excluding carboxylic acids is 1. The van der Waals surface area contributed by atoms with Gasteiger partial charge in [0.2, 0.25) is 0 Å². The van der Waals surface area contributed by atoms with Gasteiger partial charge < -0.3 is 19.5 Å². The molecule has 0 spiro atoms. The maximum absolute atomic E-state index is 12.1. The lowest BCUT2D eigenvalue weighted by atomic mass is 9.79. The van der Waals surface area contributed by atoms with Crippen LogP contribution in [0.25, 0.3) is 0 Å². The Morgan fingerprint density at radius 3 is 2.59 bits per heavy atom. The van der Waals surface area contributed by atoms with Gasteiger partial charge in [0, 0.05) is 26.7 Å². The van der Waals surface area contributed by atoms with Gasteiger partial charge in [-0.3, -0.25) is 4.79 Å². The minimum Gasteiger partial charge on any atom is -0.427 e. The van der Waals surface area contributed by atoms with Crippen molar-refractivity contribution in [3.8, 4) is 0 Å². The Morgan fingerprint density at radius 1 is 1.24 bits per heavy atom. The standard InChI is InChI=1S/C11H20BN2O3/c1-17-12-14-7-3-6-13(8-9-14)10(15)11(16)4-2-5-11/h16H,2-9H2,1H3. The SMILES string of the molecule is CO[B]N1CCCN(C(=O)C2(O)CCC2)CC1. The minimum atomic E-state index is -1.06. The summed E-state index contributed by atoms with van der Waals surface area (Å²) in [6.45, 7) is 3.07. The quantitative estimate of drug-likeness (QED) is 0.682. The molecule has 5 nitrogen and oxygen atoms in total. The molecule has 2 fully saturated rings. The highest BCUT2D eigenvalue weighted by Crippen LogP contribution is 2.33. The first-order valence-electron chi connectivity index (χ1n) is 6.28. The van der Waals surface area contributed by atoms with Gasteiger partial charge in [-0.05, 0) is 32.2 Å². The molecule has 2 aliphatic rings. The van der Waals surface area contributed by atoms with Crippen LogP contribution in [0.4, 0.5) is 0 Å². The number of amides is 1. The molecule has 1 saturated carbocycles. The van der Waals surface area contributed by atoms with Gasteiger partial charge >= 0.3 is 7.62 Å². The highest BCUT2D eigenvalue weighted by Gasteiger charge is 2.44. The first kappa shape index (κ1) is 12.9. The fourth-order valence-electron chi connectivity index (χ4n) is 2.41. The van der Waals surface area contributed by atoms with E-state index in [4.69, 9.17) is 4.65 Å². The summed E-state index contributed by atoms with van der Waals surface area (Å²) in [6, 6.07) is 0. The predicted molar refractivity (Wildman–Crippen MR) is 64.3 cm³/mol. The van der Waals surface area contributed by atoms with Crippen molar-refractivity contribution in [3.05, 3.63) is 0 Å². The minimum absolute atomic E-state index is 0.0805. The molecule has 0 aromatic rings. The zero-order valence-corrected chi connectivity index (χ0v) is 10.4. The summed E-state index contributed by atoms with van der Waals surface area (Å²) >= 11 is 0. The second kappa shape index (κ2) is 5.37. The molecular weight excluding hydrogens is 219 g/mol. The molecule has 1 radical (unpaired) electrons. The van der Waals surface area contributed by atoms with E-state index in [1.54, 1.807) is 19.6 Å².